The SMILES string of the molecule is C#Cc1c(Cl)cc2c(c1Cl)CCN(C(=O)OC(C)(C)C)C2. The highest BCUT2D eigenvalue weighted by Gasteiger charge is 2.27. The highest BCUT2D eigenvalue weighted by Crippen LogP contribution is 2.34. The maximum atomic E-state index is 12.1. The highest BCUT2D eigenvalue weighted by molar-refractivity contribution is 6.37. The van der Waals surface area contributed by atoms with Gasteiger partial charge in [-0.3, -0.25) is 0 Å². The summed E-state index contributed by atoms with van der Waals surface area (Å²) in [7, 11) is 0. The molecule has 0 aromatic heterocycles. The van der Waals surface area contributed by atoms with E-state index in [-0.39, 0.29) is 6.09 Å². The van der Waals surface area contributed by atoms with Gasteiger partial charge in [0.05, 0.1) is 15.6 Å². The number of terminal acetylenes is 1. The van der Waals surface area contributed by atoms with E-state index in [9.17, 15) is 4.79 Å². The highest BCUT2D eigenvalue weighted by atomic mass is 35.5. The number of benzene rings is 1. The van der Waals surface area contributed by atoms with Crippen LogP contribution in [-0.4, -0.2) is 23.1 Å². The van der Waals surface area contributed by atoms with E-state index in [1.807, 2.05) is 20.8 Å². The van der Waals surface area contributed by atoms with E-state index in [0.29, 0.717) is 35.1 Å². The third-order valence-corrected chi connectivity index (χ3v) is 3.92. The summed E-state index contributed by atoms with van der Waals surface area (Å²) in [5, 5.41) is 0.955. The number of halogens is 2. The summed E-state index contributed by atoms with van der Waals surface area (Å²) >= 11 is 12.4. The normalized spacial score (nSPS) is 14.4. The van der Waals surface area contributed by atoms with Crippen LogP contribution in [0.5, 0.6) is 0 Å². The zero-order valence-corrected chi connectivity index (χ0v) is 13.8. The fourth-order valence-corrected chi connectivity index (χ4v) is 2.97. The molecule has 0 N–H and O–H groups in total. The minimum absolute atomic E-state index is 0.332. The van der Waals surface area contributed by atoms with Gasteiger partial charge in [-0.15, -0.1) is 6.42 Å². The Morgan fingerprint density at radius 1 is 1.43 bits per heavy atom. The number of rotatable bonds is 0. The molecule has 0 fully saturated rings. The number of amides is 1. The van der Waals surface area contributed by atoms with Crippen LogP contribution in [0.4, 0.5) is 4.79 Å². The van der Waals surface area contributed by atoms with Crippen LogP contribution in [0, 0.1) is 12.3 Å². The van der Waals surface area contributed by atoms with Crippen LogP contribution >= 0.6 is 23.2 Å². The monoisotopic (exact) mass is 325 g/mol. The Hall–Kier alpha value is -1.37. The molecular formula is C16H17Cl2NO2. The molecule has 0 saturated carbocycles. The molecule has 1 aromatic rings. The third-order valence-electron chi connectivity index (χ3n) is 3.20. The second kappa shape index (κ2) is 5.79. The Kier molecular flexibility index (Phi) is 4.41. The van der Waals surface area contributed by atoms with Crippen molar-refractivity contribution in [3.05, 3.63) is 32.8 Å². The summed E-state index contributed by atoms with van der Waals surface area (Å²) in [6, 6.07) is 1.79. The summed E-state index contributed by atoms with van der Waals surface area (Å²) in [5.41, 5.74) is 1.89. The molecule has 1 amide bonds. The fraction of sp³-hybridized carbons (Fsp3) is 0.438. The van der Waals surface area contributed by atoms with Crippen molar-refractivity contribution in [2.24, 2.45) is 0 Å². The maximum absolute atomic E-state index is 12.1. The van der Waals surface area contributed by atoms with Crippen LogP contribution in [0.3, 0.4) is 0 Å². The van der Waals surface area contributed by atoms with Crippen LogP contribution in [0.15, 0.2) is 6.07 Å². The van der Waals surface area contributed by atoms with Crippen LogP contribution in [-0.2, 0) is 17.7 Å². The summed E-state index contributed by atoms with van der Waals surface area (Å²) < 4.78 is 5.39. The van der Waals surface area contributed by atoms with Crippen LogP contribution in [0.25, 0.3) is 0 Å². The first-order valence-electron chi connectivity index (χ1n) is 6.67. The minimum Gasteiger partial charge on any atom is -0.444 e. The molecule has 5 heteroatoms. The zero-order valence-electron chi connectivity index (χ0n) is 12.3. The van der Waals surface area contributed by atoms with Crippen molar-refractivity contribution in [1.82, 2.24) is 4.90 Å². The van der Waals surface area contributed by atoms with E-state index >= 15 is 0 Å². The Morgan fingerprint density at radius 2 is 2.10 bits per heavy atom. The molecule has 0 saturated heterocycles. The van der Waals surface area contributed by atoms with Gasteiger partial charge in [-0.2, -0.15) is 0 Å². The summed E-state index contributed by atoms with van der Waals surface area (Å²) in [5.74, 6) is 2.51. The largest absolute Gasteiger partial charge is 0.444 e. The molecule has 1 aliphatic rings. The first kappa shape index (κ1) is 16.0. The molecule has 0 aliphatic carbocycles. The molecular weight excluding hydrogens is 309 g/mol. The van der Waals surface area contributed by atoms with Gasteiger partial charge in [0.1, 0.15) is 5.60 Å². The van der Waals surface area contributed by atoms with Crippen molar-refractivity contribution < 1.29 is 9.53 Å². The van der Waals surface area contributed by atoms with Gasteiger partial charge >= 0.3 is 6.09 Å². The number of hydrogen-bond donors (Lipinski definition) is 0. The van der Waals surface area contributed by atoms with Gasteiger partial charge in [-0.1, -0.05) is 29.1 Å². The molecule has 0 unspecified atom stereocenters. The van der Waals surface area contributed by atoms with Gasteiger partial charge in [0.15, 0.2) is 0 Å². The standard InChI is InChI=1S/C16H17Cl2NO2/c1-5-11-13(17)8-10-9-19(7-6-12(10)14(11)18)15(20)21-16(2,3)4/h1,8H,6-7,9H2,2-4H3. The number of ether oxygens (including phenoxy) is 1. The van der Waals surface area contributed by atoms with Crippen LogP contribution < -0.4 is 0 Å². The first-order chi connectivity index (χ1) is 9.73. The number of hydrogen-bond acceptors (Lipinski definition) is 2. The lowest BCUT2D eigenvalue weighted by molar-refractivity contribution is 0.0224. The molecule has 112 valence electrons. The van der Waals surface area contributed by atoms with E-state index in [0.717, 1.165) is 11.1 Å². The summed E-state index contributed by atoms with van der Waals surface area (Å²) in [6.07, 6.45) is 5.73. The van der Waals surface area contributed by atoms with Gasteiger partial charge < -0.3 is 9.64 Å². The van der Waals surface area contributed by atoms with E-state index in [1.165, 1.54) is 0 Å². The van der Waals surface area contributed by atoms with E-state index in [2.05, 4.69) is 5.92 Å². The number of fused-ring (bicyclic) bond motifs is 1. The molecule has 1 aromatic carbocycles. The number of carbonyl (C=O) groups excluding carboxylic acids is 1. The first-order valence-corrected chi connectivity index (χ1v) is 7.43. The molecule has 1 heterocycles. The van der Waals surface area contributed by atoms with Gasteiger partial charge in [0.2, 0.25) is 0 Å². The Morgan fingerprint density at radius 3 is 2.67 bits per heavy atom. The topological polar surface area (TPSA) is 29.5 Å². The number of nitrogens with zero attached hydrogens (tertiary/aromatic N) is 1. The van der Waals surface area contributed by atoms with E-state index in [4.69, 9.17) is 34.4 Å². The average Bonchev–Trinajstić information content (AvgIpc) is 2.36. The summed E-state index contributed by atoms with van der Waals surface area (Å²) in [6.45, 7) is 6.50. The van der Waals surface area contributed by atoms with Crippen molar-refractivity contribution >= 4 is 29.3 Å². The Labute approximate surface area is 135 Å². The Balaban J connectivity index is 2.26. The lowest BCUT2D eigenvalue weighted by atomic mass is 9.97. The molecule has 2 rings (SSSR count). The van der Waals surface area contributed by atoms with Gasteiger partial charge in [-0.05, 0) is 44.4 Å². The van der Waals surface area contributed by atoms with Gasteiger partial charge in [0.25, 0.3) is 0 Å². The maximum Gasteiger partial charge on any atom is 0.410 e. The van der Waals surface area contributed by atoms with Crippen molar-refractivity contribution in [1.29, 1.82) is 0 Å². The quantitative estimate of drug-likeness (QED) is 0.667. The average molecular weight is 326 g/mol. The molecule has 0 atom stereocenters. The van der Waals surface area contributed by atoms with Crippen LogP contribution in [0.1, 0.15) is 37.5 Å². The Bertz CT molecular complexity index is 627. The van der Waals surface area contributed by atoms with E-state index < -0.39 is 5.60 Å². The second-order valence-electron chi connectivity index (χ2n) is 5.98. The predicted molar refractivity (Wildman–Crippen MR) is 84.7 cm³/mol. The minimum atomic E-state index is -0.514. The smallest absolute Gasteiger partial charge is 0.410 e. The van der Waals surface area contributed by atoms with Crippen LogP contribution in [0.2, 0.25) is 10.0 Å². The summed E-state index contributed by atoms with van der Waals surface area (Å²) in [4.78, 5) is 13.8. The molecule has 0 bridgehead atoms. The second-order valence-corrected chi connectivity index (χ2v) is 6.77. The van der Waals surface area contributed by atoms with Crippen molar-refractivity contribution in [3.8, 4) is 12.3 Å². The van der Waals surface area contributed by atoms with Crippen molar-refractivity contribution in [2.45, 2.75) is 39.3 Å². The predicted octanol–water partition coefficient (Wildman–Crippen LogP) is 4.27. The lowest BCUT2D eigenvalue weighted by Crippen LogP contribution is -2.40. The van der Waals surface area contributed by atoms with Gasteiger partial charge in [-0.25, -0.2) is 4.79 Å². The molecule has 1 aliphatic heterocycles. The molecule has 3 nitrogen and oxygen atoms in total. The van der Waals surface area contributed by atoms with Crippen molar-refractivity contribution in [2.75, 3.05) is 6.54 Å². The fourth-order valence-electron chi connectivity index (χ4n) is 2.27. The lowest BCUT2D eigenvalue weighted by Gasteiger charge is -2.32. The van der Waals surface area contributed by atoms with Crippen molar-refractivity contribution in [3.63, 3.8) is 0 Å². The van der Waals surface area contributed by atoms with E-state index in [1.54, 1.807) is 11.0 Å². The zero-order chi connectivity index (χ0) is 15.8. The molecule has 0 radical (unpaired) electrons. The third kappa shape index (κ3) is 3.45. The molecule has 21 heavy (non-hydrogen) atoms. The van der Waals surface area contributed by atoms with Gasteiger partial charge in [0, 0.05) is 13.1 Å². The number of carbonyl (C=O) groups is 1. The molecule has 0 spiro atoms.